The summed E-state index contributed by atoms with van der Waals surface area (Å²) in [5.74, 6) is 1.10. The fraction of sp³-hybridized carbons (Fsp3) is 0.529. The minimum Gasteiger partial charge on any atom is -0.481 e. The molecule has 0 fully saturated rings. The summed E-state index contributed by atoms with van der Waals surface area (Å²) in [6, 6.07) is 1.78. The first-order chi connectivity index (χ1) is 11.7. The molecular weight excluding hydrogens is 322 g/mol. The number of carbonyl (C=O) groups is 1. The van der Waals surface area contributed by atoms with Gasteiger partial charge in [-0.3, -0.25) is 4.79 Å². The Hall–Kier alpha value is -2.64. The molecule has 2 rings (SSSR count). The van der Waals surface area contributed by atoms with Crippen molar-refractivity contribution in [3.63, 3.8) is 0 Å². The van der Waals surface area contributed by atoms with Crippen LogP contribution in [-0.4, -0.2) is 48.1 Å². The van der Waals surface area contributed by atoms with E-state index >= 15 is 0 Å². The zero-order chi connectivity index (χ0) is 18.6. The summed E-state index contributed by atoms with van der Waals surface area (Å²) >= 11 is 0. The molecule has 8 heteroatoms. The largest absolute Gasteiger partial charge is 0.481 e. The molecule has 0 bridgehead atoms. The van der Waals surface area contributed by atoms with E-state index in [0.717, 1.165) is 5.69 Å². The van der Waals surface area contributed by atoms with Gasteiger partial charge in [-0.1, -0.05) is 13.8 Å². The normalized spacial score (nSPS) is 11.3. The second-order valence-electron chi connectivity index (χ2n) is 6.82. The summed E-state index contributed by atoms with van der Waals surface area (Å²) in [5, 5.41) is 2.89. The Balaban J connectivity index is 1.99. The number of nitrogens with zero attached hydrogens (tertiary/aromatic N) is 4. The highest BCUT2D eigenvalue weighted by molar-refractivity contribution is 5.92. The summed E-state index contributed by atoms with van der Waals surface area (Å²) in [5.41, 5.74) is 1.20. The lowest BCUT2D eigenvalue weighted by atomic mass is 9.93. The number of hydrogen-bond acceptors (Lipinski definition) is 7. The molecule has 2 aromatic heterocycles. The van der Waals surface area contributed by atoms with Gasteiger partial charge in [0.2, 0.25) is 17.6 Å². The van der Waals surface area contributed by atoms with Crippen molar-refractivity contribution in [3.8, 4) is 5.88 Å². The molecule has 1 N–H and O–H groups in total. The minimum absolute atomic E-state index is 0.210. The van der Waals surface area contributed by atoms with Gasteiger partial charge in [0.25, 0.3) is 5.91 Å². The molecule has 0 unspecified atom stereocenters. The van der Waals surface area contributed by atoms with Gasteiger partial charge in [0.15, 0.2) is 6.39 Å². The summed E-state index contributed by atoms with van der Waals surface area (Å²) in [6.45, 7) is 8.87. The second kappa shape index (κ2) is 7.50. The monoisotopic (exact) mass is 347 g/mol. The predicted molar refractivity (Wildman–Crippen MR) is 93.9 cm³/mol. The Morgan fingerprint density at radius 2 is 2.08 bits per heavy atom. The van der Waals surface area contributed by atoms with E-state index in [1.165, 1.54) is 6.39 Å². The molecule has 1 amide bonds. The summed E-state index contributed by atoms with van der Waals surface area (Å²) in [6.07, 6.45) is 1.27. The molecule has 0 aliphatic carbocycles. The van der Waals surface area contributed by atoms with Gasteiger partial charge in [0, 0.05) is 31.9 Å². The van der Waals surface area contributed by atoms with Crippen molar-refractivity contribution in [2.45, 2.75) is 27.7 Å². The number of aromatic nitrogens is 3. The van der Waals surface area contributed by atoms with Gasteiger partial charge < -0.3 is 19.4 Å². The third kappa shape index (κ3) is 4.91. The van der Waals surface area contributed by atoms with E-state index in [-0.39, 0.29) is 17.1 Å². The molecule has 2 heterocycles. The molecule has 136 valence electrons. The molecule has 0 aromatic carbocycles. The highest BCUT2D eigenvalue weighted by Gasteiger charge is 2.24. The Bertz CT molecular complexity index is 742. The number of hydrogen-bond donors (Lipinski definition) is 1. The first kappa shape index (κ1) is 18.7. The molecular formula is C17H25N5O3. The SMILES string of the molecule is COc1cc(C)nc(N(C)CC(C)(C)CNC(=O)c2ocnc2C)n1. The molecule has 25 heavy (non-hydrogen) atoms. The minimum atomic E-state index is -0.265. The van der Waals surface area contributed by atoms with Crippen molar-refractivity contribution >= 4 is 11.9 Å². The molecule has 0 atom stereocenters. The van der Waals surface area contributed by atoms with Crippen LogP contribution in [0, 0.1) is 19.3 Å². The maximum Gasteiger partial charge on any atom is 0.289 e. The van der Waals surface area contributed by atoms with Crippen LogP contribution in [0.15, 0.2) is 16.9 Å². The quantitative estimate of drug-likeness (QED) is 0.818. The zero-order valence-corrected chi connectivity index (χ0v) is 15.6. The standard InChI is InChI=1S/C17H25N5O3/c1-11-7-13(24-6)21-16(20-11)22(5)9-17(3,4)8-18-15(23)14-12(2)19-10-25-14/h7,10H,8-9H2,1-6H3,(H,18,23). The van der Waals surface area contributed by atoms with Crippen LogP contribution in [0.2, 0.25) is 0 Å². The smallest absolute Gasteiger partial charge is 0.289 e. The van der Waals surface area contributed by atoms with Crippen LogP contribution >= 0.6 is 0 Å². The zero-order valence-electron chi connectivity index (χ0n) is 15.6. The van der Waals surface area contributed by atoms with Crippen LogP contribution in [0.1, 0.15) is 35.8 Å². The number of carbonyl (C=O) groups excluding carboxylic acids is 1. The van der Waals surface area contributed by atoms with E-state index < -0.39 is 0 Å². The first-order valence-electron chi connectivity index (χ1n) is 8.01. The maximum absolute atomic E-state index is 12.2. The van der Waals surface area contributed by atoms with Crippen molar-refractivity contribution in [1.82, 2.24) is 20.3 Å². The van der Waals surface area contributed by atoms with Crippen molar-refractivity contribution < 1.29 is 13.9 Å². The second-order valence-corrected chi connectivity index (χ2v) is 6.82. The molecule has 0 spiro atoms. The van der Waals surface area contributed by atoms with Gasteiger partial charge >= 0.3 is 0 Å². The third-order valence-electron chi connectivity index (χ3n) is 3.71. The third-order valence-corrected chi connectivity index (χ3v) is 3.71. The lowest BCUT2D eigenvalue weighted by Gasteiger charge is -2.30. The van der Waals surface area contributed by atoms with Gasteiger partial charge in [-0.2, -0.15) is 4.98 Å². The van der Waals surface area contributed by atoms with Crippen molar-refractivity contribution in [2.75, 3.05) is 32.1 Å². The van der Waals surface area contributed by atoms with E-state index in [9.17, 15) is 4.79 Å². The molecule has 2 aromatic rings. The number of amides is 1. The van der Waals surface area contributed by atoms with E-state index in [1.54, 1.807) is 20.1 Å². The van der Waals surface area contributed by atoms with Gasteiger partial charge in [-0.15, -0.1) is 0 Å². The van der Waals surface area contributed by atoms with Gasteiger partial charge in [-0.25, -0.2) is 9.97 Å². The number of ether oxygens (including phenoxy) is 1. The molecule has 0 aliphatic heterocycles. The Morgan fingerprint density at radius 3 is 2.68 bits per heavy atom. The van der Waals surface area contributed by atoms with E-state index in [4.69, 9.17) is 9.15 Å². The van der Waals surface area contributed by atoms with Crippen LogP contribution in [0.25, 0.3) is 0 Å². The lowest BCUT2D eigenvalue weighted by molar-refractivity contribution is 0.0909. The van der Waals surface area contributed by atoms with Crippen molar-refractivity contribution in [2.24, 2.45) is 5.41 Å². The molecule has 0 aliphatic rings. The fourth-order valence-corrected chi connectivity index (χ4v) is 2.49. The number of nitrogens with one attached hydrogen (secondary N) is 1. The van der Waals surface area contributed by atoms with Crippen LogP contribution < -0.4 is 15.0 Å². The number of anilines is 1. The summed E-state index contributed by atoms with van der Waals surface area (Å²) in [7, 11) is 3.49. The Labute approximate surface area is 147 Å². The molecule has 0 radical (unpaired) electrons. The van der Waals surface area contributed by atoms with Gasteiger partial charge in [0.1, 0.15) is 0 Å². The van der Waals surface area contributed by atoms with E-state index in [1.807, 2.05) is 18.9 Å². The Morgan fingerprint density at radius 1 is 1.36 bits per heavy atom. The van der Waals surface area contributed by atoms with E-state index in [0.29, 0.717) is 30.6 Å². The van der Waals surface area contributed by atoms with Crippen LogP contribution in [0.5, 0.6) is 5.88 Å². The summed E-state index contributed by atoms with van der Waals surface area (Å²) < 4.78 is 10.3. The average molecular weight is 347 g/mol. The maximum atomic E-state index is 12.2. The highest BCUT2D eigenvalue weighted by atomic mass is 16.5. The van der Waals surface area contributed by atoms with Crippen LogP contribution in [0.3, 0.4) is 0 Å². The van der Waals surface area contributed by atoms with Crippen LogP contribution in [-0.2, 0) is 0 Å². The predicted octanol–water partition coefficient (Wildman–Crippen LogP) is 1.98. The molecule has 0 saturated heterocycles. The number of oxazole rings is 1. The summed E-state index contributed by atoms with van der Waals surface area (Å²) in [4.78, 5) is 26.8. The number of rotatable bonds is 7. The Kier molecular flexibility index (Phi) is 5.61. The topological polar surface area (TPSA) is 93.4 Å². The van der Waals surface area contributed by atoms with E-state index in [2.05, 4.69) is 34.1 Å². The lowest BCUT2D eigenvalue weighted by Crippen LogP contribution is -2.41. The van der Waals surface area contributed by atoms with Crippen LogP contribution in [0.4, 0.5) is 5.95 Å². The van der Waals surface area contributed by atoms with Crippen molar-refractivity contribution in [1.29, 1.82) is 0 Å². The highest BCUT2D eigenvalue weighted by Crippen LogP contribution is 2.20. The van der Waals surface area contributed by atoms with Gasteiger partial charge in [0.05, 0.1) is 12.8 Å². The van der Waals surface area contributed by atoms with Gasteiger partial charge in [-0.05, 0) is 19.3 Å². The number of methoxy groups -OCH3 is 1. The molecule has 8 nitrogen and oxygen atoms in total. The average Bonchev–Trinajstić information content (AvgIpc) is 2.97. The van der Waals surface area contributed by atoms with Crippen molar-refractivity contribution in [3.05, 3.63) is 29.6 Å². The number of aryl methyl sites for hydroxylation is 2. The first-order valence-corrected chi connectivity index (χ1v) is 8.01. The fourth-order valence-electron chi connectivity index (χ4n) is 2.49. The molecule has 0 saturated carbocycles.